The molecule has 2 aromatic carbocycles. The number of piperidine rings is 1. The van der Waals surface area contributed by atoms with Gasteiger partial charge in [-0.2, -0.15) is 4.98 Å². The van der Waals surface area contributed by atoms with Gasteiger partial charge in [0.05, 0.1) is 6.61 Å². The Kier molecular flexibility index (Phi) is 5.95. The number of phenolic OH excluding ortho intramolecular Hbond substituents is 1. The van der Waals surface area contributed by atoms with Gasteiger partial charge in [-0.15, -0.1) is 0 Å². The number of rotatable bonds is 7. The molecule has 7 heteroatoms. The maximum absolute atomic E-state index is 9.85. The zero-order valence-electron chi connectivity index (χ0n) is 16.5. The Labute approximate surface area is 170 Å². The van der Waals surface area contributed by atoms with Crippen molar-refractivity contribution in [2.24, 2.45) is 0 Å². The lowest BCUT2D eigenvalue weighted by Gasteiger charge is -2.32. The predicted octanol–water partition coefficient (Wildman–Crippen LogP) is 3.92. The number of anilines is 1. The minimum absolute atomic E-state index is 0.188. The zero-order chi connectivity index (χ0) is 20.1. The molecule has 2 N–H and O–H groups in total. The molecule has 0 aliphatic carbocycles. The lowest BCUT2D eigenvalue weighted by atomic mass is 10.0. The molecule has 0 bridgehead atoms. The summed E-state index contributed by atoms with van der Waals surface area (Å²) in [5, 5.41) is 17.3. The SMILES string of the molecule is CCOc1cc(CN2CCC(Nc3nc(-c4ccccc4)no3)CC2)ccc1O. The number of likely N-dealkylation sites (tertiary alicyclic amines) is 1. The van der Waals surface area contributed by atoms with Crippen molar-refractivity contribution in [2.75, 3.05) is 25.0 Å². The molecule has 0 amide bonds. The molecule has 0 saturated carbocycles. The van der Waals surface area contributed by atoms with Gasteiger partial charge in [0.15, 0.2) is 11.5 Å². The second-order valence-corrected chi connectivity index (χ2v) is 7.22. The van der Waals surface area contributed by atoms with E-state index in [-0.39, 0.29) is 5.75 Å². The normalized spacial score (nSPS) is 15.3. The molecule has 0 atom stereocenters. The number of nitrogens with zero attached hydrogens (tertiary/aromatic N) is 3. The number of ether oxygens (including phenoxy) is 1. The minimum atomic E-state index is 0.188. The van der Waals surface area contributed by atoms with E-state index in [1.165, 1.54) is 0 Å². The molecule has 1 fully saturated rings. The van der Waals surface area contributed by atoms with Gasteiger partial charge in [0.1, 0.15) is 0 Å². The molecule has 3 aromatic rings. The molecule has 0 spiro atoms. The highest BCUT2D eigenvalue weighted by Crippen LogP contribution is 2.28. The fourth-order valence-corrected chi connectivity index (χ4v) is 3.58. The topological polar surface area (TPSA) is 83.7 Å². The van der Waals surface area contributed by atoms with Crippen molar-refractivity contribution in [1.29, 1.82) is 0 Å². The van der Waals surface area contributed by atoms with E-state index in [4.69, 9.17) is 9.26 Å². The third kappa shape index (κ3) is 4.86. The third-order valence-corrected chi connectivity index (χ3v) is 5.10. The maximum atomic E-state index is 9.85. The van der Waals surface area contributed by atoms with Crippen molar-refractivity contribution >= 4 is 6.01 Å². The second-order valence-electron chi connectivity index (χ2n) is 7.22. The first-order chi connectivity index (χ1) is 14.2. The van der Waals surface area contributed by atoms with Crippen LogP contribution in [0.2, 0.25) is 0 Å². The predicted molar refractivity (Wildman–Crippen MR) is 111 cm³/mol. The molecule has 1 aliphatic heterocycles. The Bertz CT molecular complexity index is 921. The summed E-state index contributed by atoms with van der Waals surface area (Å²) in [5.74, 6) is 1.34. The highest BCUT2D eigenvalue weighted by atomic mass is 16.5. The fraction of sp³-hybridized carbons (Fsp3) is 0.364. The first kappa shape index (κ1) is 19.3. The molecule has 0 unspecified atom stereocenters. The monoisotopic (exact) mass is 394 g/mol. The van der Waals surface area contributed by atoms with Crippen LogP contribution in [-0.4, -0.2) is 45.9 Å². The number of hydrogen-bond acceptors (Lipinski definition) is 7. The Morgan fingerprint density at radius 1 is 1.17 bits per heavy atom. The van der Waals surface area contributed by atoms with E-state index in [0.717, 1.165) is 43.6 Å². The van der Waals surface area contributed by atoms with Crippen LogP contribution in [0.5, 0.6) is 11.5 Å². The largest absolute Gasteiger partial charge is 0.504 e. The molecular formula is C22H26N4O3. The Morgan fingerprint density at radius 3 is 2.72 bits per heavy atom. The Balaban J connectivity index is 1.29. The first-order valence-corrected chi connectivity index (χ1v) is 10.0. The molecule has 1 aliphatic rings. The zero-order valence-corrected chi connectivity index (χ0v) is 16.5. The smallest absolute Gasteiger partial charge is 0.322 e. The van der Waals surface area contributed by atoms with Crippen LogP contribution in [-0.2, 0) is 6.54 Å². The average molecular weight is 394 g/mol. The molecule has 0 radical (unpaired) electrons. The Hall–Kier alpha value is -3.06. The van der Waals surface area contributed by atoms with Gasteiger partial charge in [-0.3, -0.25) is 4.90 Å². The van der Waals surface area contributed by atoms with Crippen LogP contribution in [0, 0.1) is 0 Å². The van der Waals surface area contributed by atoms with Crippen LogP contribution in [0.25, 0.3) is 11.4 Å². The van der Waals surface area contributed by atoms with Crippen LogP contribution in [0.15, 0.2) is 53.1 Å². The van der Waals surface area contributed by atoms with Gasteiger partial charge >= 0.3 is 6.01 Å². The lowest BCUT2D eigenvalue weighted by molar-refractivity contribution is 0.209. The standard InChI is InChI=1S/C22H26N4O3/c1-2-28-20-14-16(8-9-19(20)27)15-26-12-10-18(11-13-26)23-22-24-21(25-29-22)17-6-4-3-5-7-17/h3-9,14,18,27H,2,10-13,15H2,1H3,(H,23,24,25). The van der Waals surface area contributed by atoms with Crippen molar-refractivity contribution in [2.45, 2.75) is 32.4 Å². The van der Waals surface area contributed by atoms with Crippen LogP contribution in [0.3, 0.4) is 0 Å². The van der Waals surface area contributed by atoms with Gasteiger partial charge in [0, 0.05) is 31.2 Å². The summed E-state index contributed by atoms with van der Waals surface area (Å²) in [5.41, 5.74) is 2.08. The highest BCUT2D eigenvalue weighted by Gasteiger charge is 2.21. The fourth-order valence-electron chi connectivity index (χ4n) is 3.58. The summed E-state index contributed by atoms with van der Waals surface area (Å²) >= 11 is 0. The number of aromatic hydroxyl groups is 1. The molecule has 4 rings (SSSR count). The summed E-state index contributed by atoms with van der Waals surface area (Å²) in [4.78, 5) is 6.86. The molecule has 7 nitrogen and oxygen atoms in total. The van der Waals surface area contributed by atoms with E-state index in [9.17, 15) is 5.11 Å². The van der Waals surface area contributed by atoms with Crippen LogP contribution < -0.4 is 10.1 Å². The van der Waals surface area contributed by atoms with Gasteiger partial charge in [-0.1, -0.05) is 41.6 Å². The molecule has 29 heavy (non-hydrogen) atoms. The van der Waals surface area contributed by atoms with Crippen molar-refractivity contribution in [3.63, 3.8) is 0 Å². The molecular weight excluding hydrogens is 368 g/mol. The summed E-state index contributed by atoms with van der Waals surface area (Å²) in [7, 11) is 0. The number of benzene rings is 2. The number of nitrogens with one attached hydrogen (secondary N) is 1. The molecule has 1 saturated heterocycles. The van der Waals surface area contributed by atoms with Crippen molar-refractivity contribution in [3.8, 4) is 22.9 Å². The van der Waals surface area contributed by atoms with Gasteiger partial charge in [-0.25, -0.2) is 0 Å². The molecule has 1 aromatic heterocycles. The summed E-state index contributed by atoms with van der Waals surface area (Å²) in [6, 6.07) is 16.2. The van der Waals surface area contributed by atoms with Crippen molar-refractivity contribution in [1.82, 2.24) is 15.0 Å². The van der Waals surface area contributed by atoms with Gasteiger partial charge in [-0.05, 0) is 37.5 Å². The number of phenols is 1. The van der Waals surface area contributed by atoms with E-state index in [1.807, 2.05) is 49.4 Å². The van der Waals surface area contributed by atoms with Crippen molar-refractivity contribution in [3.05, 3.63) is 54.1 Å². The summed E-state index contributed by atoms with van der Waals surface area (Å²) in [6.07, 6.45) is 2.00. The molecule has 2 heterocycles. The minimum Gasteiger partial charge on any atom is -0.504 e. The van der Waals surface area contributed by atoms with E-state index in [0.29, 0.717) is 30.2 Å². The van der Waals surface area contributed by atoms with E-state index < -0.39 is 0 Å². The highest BCUT2D eigenvalue weighted by molar-refractivity contribution is 5.55. The number of hydrogen-bond donors (Lipinski definition) is 2. The summed E-state index contributed by atoms with van der Waals surface area (Å²) in [6.45, 7) is 5.24. The van der Waals surface area contributed by atoms with Gasteiger partial charge < -0.3 is 19.7 Å². The van der Waals surface area contributed by atoms with Crippen LogP contribution in [0.4, 0.5) is 6.01 Å². The second kappa shape index (κ2) is 8.96. The summed E-state index contributed by atoms with van der Waals surface area (Å²) < 4.78 is 10.9. The van der Waals surface area contributed by atoms with Crippen LogP contribution in [0.1, 0.15) is 25.3 Å². The Morgan fingerprint density at radius 2 is 1.97 bits per heavy atom. The van der Waals surface area contributed by atoms with Crippen molar-refractivity contribution < 1.29 is 14.4 Å². The van der Waals surface area contributed by atoms with E-state index in [2.05, 4.69) is 20.4 Å². The molecule has 152 valence electrons. The first-order valence-electron chi connectivity index (χ1n) is 10.0. The average Bonchev–Trinajstić information content (AvgIpc) is 3.21. The maximum Gasteiger partial charge on any atom is 0.322 e. The van der Waals surface area contributed by atoms with Gasteiger partial charge in [0.25, 0.3) is 0 Å². The lowest BCUT2D eigenvalue weighted by Crippen LogP contribution is -2.38. The van der Waals surface area contributed by atoms with Crippen LogP contribution >= 0.6 is 0 Å². The van der Waals surface area contributed by atoms with E-state index >= 15 is 0 Å². The number of aromatic nitrogens is 2. The van der Waals surface area contributed by atoms with Gasteiger partial charge in [0.2, 0.25) is 5.82 Å². The van der Waals surface area contributed by atoms with E-state index in [1.54, 1.807) is 6.07 Å². The quantitative estimate of drug-likeness (QED) is 0.628. The third-order valence-electron chi connectivity index (χ3n) is 5.10.